The van der Waals surface area contributed by atoms with E-state index in [9.17, 15) is 10.2 Å². The first-order valence-corrected chi connectivity index (χ1v) is 6.19. The van der Waals surface area contributed by atoms with E-state index in [-0.39, 0.29) is 6.10 Å². The third kappa shape index (κ3) is 5.71. The van der Waals surface area contributed by atoms with Crippen molar-refractivity contribution in [2.24, 2.45) is 0 Å². The first-order valence-electron chi connectivity index (χ1n) is 6.19. The second kappa shape index (κ2) is 6.62. The van der Waals surface area contributed by atoms with Gasteiger partial charge in [-0.1, -0.05) is 12.1 Å². The molecule has 0 aromatic heterocycles. The molecule has 0 amide bonds. The quantitative estimate of drug-likeness (QED) is 0.710. The zero-order valence-electron chi connectivity index (χ0n) is 10.9. The minimum atomic E-state index is -0.265. The lowest BCUT2D eigenvalue weighted by Crippen LogP contribution is -2.37. The molecule has 0 bridgehead atoms. The van der Waals surface area contributed by atoms with Crippen LogP contribution in [0, 0.1) is 0 Å². The number of rotatable bonds is 6. The van der Waals surface area contributed by atoms with Gasteiger partial charge in [-0.25, -0.2) is 0 Å². The third-order valence-corrected chi connectivity index (χ3v) is 2.74. The van der Waals surface area contributed by atoms with Gasteiger partial charge in [0.15, 0.2) is 0 Å². The van der Waals surface area contributed by atoms with Gasteiger partial charge >= 0.3 is 0 Å². The standard InChI is InChI=1S/C14H23NO2/c1-10(8-12(3)16)15-11(2)9-13-4-6-14(17)7-5-13/h4-7,10-12,15-17H,8-9H2,1-3H3. The largest absolute Gasteiger partial charge is 0.508 e. The molecule has 3 heteroatoms. The van der Waals surface area contributed by atoms with Crippen molar-refractivity contribution in [1.82, 2.24) is 5.32 Å². The molecule has 0 aliphatic carbocycles. The molecule has 3 nitrogen and oxygen atoms in total. The van der Waals surface area contributed by atoms with Crippen LogP contribution < -0.4 is 5.32 Å². The fourth-order valence-electron chi connectivity index (χ4n) is 2.11. The number of benzene rings is 1. The highest BCUT2D eigenvalue weighted by molar-refractivity contribution is 5.26. The van der Waals surface area contributed by atoms with E-state index >= 15 is 0 Å². The van der Waals surface area contributed by atoms with Crippen molar-refractivity contribution in [3.8, 4) is 5.75 Å². The molecule has 0 aliphatic rings. The van der Waals surface area contributed by atoms with Crippen LogP contribution in [0.2, 0.25) is 0 Å². The van der Waals surface area contributed by atoms with Gasteiger partial charge in [-0.3, -0.25) is 0 Å². The highest BCUT2D eigenvalue weighted by atomic mass is 16.3. The first-order chi connectivity index (χ1) is 7.97. The van der Waals surface area contributed by atoms with E-state index in [4.69, 9.17) is 0 Å². The van der Waals surface area contributed by atoms with E-state index in [1.54, 1.807) is 12.1 Å². The average Bonchev–Trinajstić information content (AvgIpc) is 2.19. The van der Waals surface area contributed by atoms with Crippen molar-refractivity contribution in [2.45, 2.75) is 51.8 Å². The molecule has 0 radical (unpaired) electrons. The average molecular weight is 237 g/mol. The summed E-state index contributed by atoms with van der Waals surface area (Å²) in [7, 11) is 0. The Morgan fingerprint density at radius 3 is 2.18 bits per heavy atom. The topological polar surface area (TPSA) is 52.5 Å². The van der Waals surface area contributed by atoms with Gasteiger partial charge in [0, 0.05) is 12.1 Å². The summed E-state index contributed by atoms with van der Waals surface area (Å²) >= 11 is 0. The van der Waals surface area contributed by atoms with Crippen molar-refractivity contribution in [3.63, 3.8) is 0 Å². The normalized spacial score (nSPS) is 16.5. The summed E-state index contributed by atoms with van der Waals surface area (Å²) in [6.45, 7) is 6.02. The van der Waals surface area contributed by atoms with Crippen molar-refractivity contribution in [2.75, 3.05) is 0 Å². The molecule has 3 unspecified atom stereocenters. The molecular formula is C14H23NO2. The maximum Gasteiger partial charge on any atom is 0.115 e. The third-order valence-electron chi connectivity index (χ3n) is 2.74. The molecule has 0 saturated heterocycles. The van der Waals surface area contributed by atoms with Crippen LogP contribution in [0.4, 0.5) is 0 Å². The van der Waals surface area contributed by atoms with E-state index in [0.717, 1.165) is 12.8 Å². The summed E-state index contributed by atoms with van der Waals surface area (Å²) in [4.78, 5) is 0. The smallest absolute Gasteiger partial charge is 0.115 e. The van der Waals surface area contributed by atoms with E-state index < -0.39 is 0 Å². The number of hydrogen-bond donors (Lipinski definition) is 3. The first kappa shape index (κ1) is 14.0. The predicted octanol–water partition coefficient (Wildman–Crippen LogP) is 2.07. The van der Waals surface area contributed by atoms with Crippen LogP contribution >= 0.6 is 0 Å². The number of aliphatic hydroxyl groups is 1. The van der Waals surface area contributed by atoms with Gasteiger partial charge in [-0.05, 0) is 51.3 Å². The van der Waals surface area contributed by atoms with Crippen LogP contribution in [0.15, 0.2) is 24.3 Å². The molecule has 1 aromatic carbocycles. The van der Waals surface area contributed by atoms with Crippen LogP contribution in [0.25, 0.3) is 0 Å². The van der Waals surface area contributed by atoms with Crippen LogP contribution in [0.3, 0.4) is 0 Å². The predicted molar refractivity (Wildman–Crippen MR) is 70.2 cm³/mol. The lowest BCUT2D eigenvalue weighted by atomic mass is 10.1. The van der Waals surface area contributed by atoms with Crippen LogP contribution in [-0.2, 0) is 6.42 Å². The number of nitrogens with one attached hydrogen (secondary N) is 1. The molecule has 17 heavy (non-hydrogen) atoms. The van der Waals surface area contributed by atoms with E-state index in [2.05, 4.69) is 19.2 Å². The number of phenols is 1. The molecule has 0 aliphatic heterocycles. The van der Waals surface area contributed by atoms with Crippen LogP contribution in [0.5, 0.6) is 5.75 Å². The number of aliphatic hydroxyl groups excluding tert-OH is 1. The van der Waals surface area contributed by atoms with Crippen LogP contribution in [-0.4, -0.2) is 28.4 Å². The second-order valence-corrected chi connectivity index (χ2v) is 4.92. The van der Waals surface area contributed by atoms with Crippen molar-refractivity contribution in [1.29, 1.82) is 0 Å². The maximum atomic E-state index is 9.29. The summed E-state index contributed by atoms with van der Waals surface area (Å²) in [5.41, 5.74) is 1.20. The highest BCUT2D eigenvalue weighted by Gasteiger charge is 2.10. The summed E-state index contributed by atoms with van der Waals surface area (Å²) in [5, 5.41) is 21.9. The Kier molecular flexibility index (Phi) is 5.45. The molecule has 0 heterocycles. The Hall–Kier alpha value is -1.06. The summed E-state index contributed by atoms with van der Waals surface area (Å²) in [5.74, 6) is 0.303. The fraction of sp³-hybridized carbons (Fsp3) is 0.571. The minimum Gasteiger partial charge on any atom is -0.508 e. The van der Waals surface area contributed by atoms with E-state index in [1.165, 1.54) is 5.56 Å². The Labute approximate surface area is 103 Å². The van der Waals surface area contributed by atoms with Gasteiger partial charge in [-0.15, -0.1) is 0 Å². The Morgan fingerprint density at radius 2 is 1.65 bits per heavy atom. The highest BCUT2D eigenvalue weighted by Crippen LogP contribution is 2.11. The molecule has 1 rings (SSSR count). The van der Waals surface area contributed by atoms with Gasteiger partial charge in [0.1, 0.15) is 5.75 Å². The second-order valence-electron chi connectivity index (χ2n) is 4.92. The van der Waals surface area contributed by atoms with Crippen molar-refractivity contribution >= 4 is 0 Å². The zero-order chi connectivity index (χ0) is 12.8. The Bertz CT molecular complexity index is 321. The van der Waals surface area contributed by atoms with Crippen molar-refractivity contribution < 1.29 is 10.2 Å². The zero-order valence-corrected chi connectivity index (χ0v) is 10.9. The molecular weight excluding hydrogens is 214 g/mol. The lowest BCUT2D eigenvalue weighted by molar-refractivity contribution is 0.168. The Morgan fingerprint density at radius 1 is 1.06 bits per heavy atom. The van der Waals surface area contributed by atoms with E-state index in [1.807, 2.05) is 19.1 Å². The fourth-order valence-corrected chi connectivity index (χ4v) is 2.11. The maximum absolute atomic E-state index is 9.29. The van der Waals surface area contributed by atoms with Gasteiger partial charge in [0.2, 0.25) is 0 Å². The Balaban J connectivity index is 2.38. The molecule has 96 valence electrons. The van der Waals surface area contributed by atoms with Gasteiger partial charge in [0.25, 0.3) is 0 Å². The summed E-state index contributed by atoms with van der Waals surface area (Å²) < 4.78 is 0. The van der Waals surface area contributed by atoms with Gasteiger partial charge in [-0.2, -0.15) is 0 Å². The van der Waals surface area contributed by atoms with Crippen LogP contribution in [0.1, 0.15) is 32.8 Å². The molecule has 0 spiro atoms. The van der Waals surface area contributed by atoms with Crippen molar-refractivity contribution in [3.05, 3.63) is 29.8 Å². The monoisotopic (exact) mass is 237 g/mol. The SMILES string of the molecule is CC(O)CC(C)NC(C)Cc1ccc(O)cc1. The van der Waals surface area contributed by atoms with Gasteiger partial charge in [0.05, 0.1) is 6.10 Å². The summed E-state index contributed by atoms with van der Waals surface area (Å²) in [6.07, 6.45) is 1.42. The summed E-state index contributed by atoms with van der Waals surface area (Å²) in [6, 6.07) is 7.96. The molecule has 1 aromatic rings. The number of aromatic hydroxyl groups is 1. The number of hydrogen-bond acceptors (Lipinski definition) is 3. The molecule has 3 atom stereocenters. The molecule has 0 saturated carbocycles. The number of phenolic OH excluding ortho intramolecular Hbond substituents is 1. The van der Waals surface area contributed by atoms with E-state index in [0.29, 0.717) is 17.8 Å². The lowest BCUT2D eigenvalue weighted by Gasteiger charge is -2.21. The molecule has 3 N–H and O–H groups in total. The molecule has 0 fully saturated rings. The minimum absolute atomic E-state index is 0.265. The van der Waals surface area contributed by atoms with Gasteiger partial charge < -0.3 is 15.5 Å².